The zero-order valence-electron chi connectivity index (χ0n) is 13.3. The maximum atomic E-state index is 12.6. The first-order valence-electron chi connectivity index (χ1n) is 8.43. The molecule has 1 heterocycles. The molecule has 1 aromatic carbocycles. The van der Waals surface area contributed by atoms with Gasteiger partial charge in [0.2, 0.25) is 5.91 Å². The van der Waals surface area contributed by atoms with E-state index in [2.05, 4.69) is 17.0 Å². The molecule has 1 aliphatic carbocycles. The molecule has 3 rings (SSSR count). The van der Waals surface area contributed by atoms with Gasteiger partial charge in [0, 0.05) is 38.6 Å². The lowest BCUT2D eigenvalue weighted by Gasteiger charge is -2.35. The second-order valence-electron chi connectivity index (χ2n) is 6.55. The van der Waals surface area contributed by atoms with Crippen molar-refractivity contribution in [1.29, 1.82) is 0 Å². The van der Waals surface area contributed by atoms with Crippen LogP contribution in [-0.4, -0.2) is 59.6 Å². The molecular weight excluding hydrogens is 276 g/mol. The van der Waals surface area contributed by atoms with Gasteiger partial charge < -0.3 is 10.0 Å². The highest BCUT2D eigenvalue weighted by atomic mass is 16.3. The molecule has 2 aliphatic rings. The van der Waals surface area contributed by atoms with E-state index in [-0.39, 0.29) is 12.0 Å². The van der Waals surface area contributed by atoms with Gasteiger partial charge in [0.1, 0.15) is 0 Å². The van der Waals surface area contributed by atoms with E-state index in [1.54, 1.807) is 0 Å². The molecule has 3 atom stereocenters. The lowest BCUT2D eigenvalue weighted by Crippen LogP contribution is -2.50. The van der Waals surface area contributed by atoms with E-state index in [0.717, 1.165) is 45.6 Å². The van der Waals surface area contributed by atoms with Crippen molar-refractivity contribution in [2.24, 2.45) is 5.92 Å². The summed E-state index contributed by atoms with van der Waals surface area (Å²) < 4.78 is 0. The highest BCUT2D eigenvalue weighted by molar-refractivity contribution is 5.83. The number of hydrogen-bond donors (Lipinski definition) is 1. The number of β-amino-alcohol motifs (C(OH)–C–C–N with tert-alkyl or cyclic N) is 1. The van der Waals surface area contributed by atoms with E-state index in [1.807, 2.05) is 30.0 Å². The first-order valence-corrected chi connectivity index (χ1v) is 8.43. The van der Waals surface area contributed by atoms with Crippen molar-refractivity contribution in [2.45, 2.75) is 31.8 Å². The van der Waals surface area contributed by atoms with Crippen LogP contribution in [0.5, 0.6) is 0 Å². The number of nitrogens with zero attached hydrogens (tertiary/aromatic N) is 2. The van der Waals surface area contributed by atoms with Crippen LogP contribution in [0, 0.1) is 5.92 Å². The molecule has 1 aliphatic heterocycles. The zero-order valence-corrected chi connectivity index (χ0v) is 13.3. The van der Waals surface area contributed by atoms with Gasteiger partial charge in [-0.2, -0.15) is 0 Å². The number of carbonyl (C=O) groups excluding carboxylic acids is 1. The number of hydrogen-bond acceptors (Lipinski definition) is 3. The molecule has 1 saturated carbocycles. The van der Waals surface area contributed by atoms with E-state index in [9.17, 15) is 9.90 Å². The average molecular weight is 302 g/mol. The number of aliphatic hydroxyl groups is 1. The van der Waals surface area contributed by atoms with Gasteiger partial charge in [0.25, 0.3) is 0 Å². The molecule has 2 fully saturated rings. The summed E-state index contributed by atoms with van der Waals surface area (Å²) in [7, 11) is 0. The summed E-state index contributed by atoms with van der Waals surface area (Å²) in [6.45, 7) is 6.09. The summed E-state index contributed by atoms with van der Waals surface area (Å²) in [5.74, 6) is 0.938. The molecule has 4 nitrogen and oxygen atoms in total. The van der Waals surface area contributed by atoms with E-state index >= 15 is 0 Å². The van der Waals surface area contributed by atoms with Gasteiger partial charge in [-0.25, -0.2) is 0 Å². The van der Waals surface area contributed by atoms with Crippen LogP contribution < -0.4 is 0 Å². The van der Waals surface area contributed by atoms with Gasteiger partial charge in [-0.15, -0.1) is 0 Å². The maximum Gasteiger partial charge on any atom is 0.226 e. The van der Waals surface area contributed by atoms with E-state index in [4.69, 9.17) is 0 Å². The van der Waals surface area contributed by atoms with Crippen LogP contribution >= 0.6 is 0 Å². The summed E-state index contributed by atoms with van der Waals surface area (Å²) in [5.41, 5.74) is 1.30. The van der Waals surface area contributed by atoms with Gasteiger partial charge in [-0.05, 0) is 24.3 Å². The Hall–Kier alpha value is -1.39. The Kier molecular flexibility index (Phi) is 4.79. The number of aliphatic hydroxyl groups excluding tert-OH is 1. The Morgan fingerprint density at radius 2 is 1.91 bits per heavy atom. The van der Waals surface area contributed by atoms with Gasteiger partial charge in [-0.3, -0.25) is 9.69 Å². The van der Waals surface area contributed by atoms with Crippen molar-refractivity contribution in [2.75, 3.05) is 32.7 Å². The van der Waals surface area contributed by atoms with Crippen molar-refractivity contribution < 1.29 is 9.90 Å². The quantitative estimate of drug-likeness (QED) is 0.900. The van der Waals surface area contributed by atoms with Crippen LogP contribution in [0.1, 0.15) is 31.2 Å². The Morgan fingerprint density at radius 1 is 1.23 bits per heavy atom. The minimum absolute atomic E-state index is 0.190. The number of amides is 1. The Bertz CT molecular complexity index is 497. The van der Waals surface area contributed by atoms with Gasteiger partial charge in [0.05, 0.1) is 6.10 Å². The van der Waals surface area contributed by atoms with Crippen LogP contribution in [0.25, 0.3) is 0 Å². The second-order valence-corrected chi connectivity index (χ2v) is 6.55. The highest BCUT2D eigenvalue weighted by Gasteiger charge is 2.45. The number of rotatable bonds is 5. The molecule has 0 spiro atoms. The van der Waals surface area contributed by atoms with Crippen LogP contribution in [0.2, 0.25) is 0 Å². The molecule has 22 heavy (non-hydrogen) atoms. The summed E-state index contributed by atoms with van der Waals surface area (Å²) in [5, 5.41) is 9.72. The molecule has 0 bridgehead atoms. The summed E-state index contributed by atoms with van der Waals surface area (Å²) in [6.07, 6.45) is 1.55. The largest absolute Gasteiger partial charge is 0.392 e. The lowest BCUT2D eigenvalue weighted by atomic mass is 10.1. The van der Waals surface area contributed by atoms with E-state index < -0.39 is 0 Å². The van der Waals surface area contributed by atoms with Crippen LogP contribution in [0.15, 0.2) is 30.3 Å². The number of piperazine rings is 1. The first-order chi connectivity index (χ1) is 10.7. The van der Waals surface area contributed by atoms with Gasteiger partial charge in [-0.1, -0.05) is 37.3 Å². The topological polar surface area (TPSA) is 43.8 Å². The third-order valence-electron chi connectivity index (χ3n) is 4.96. The molecule has 1 saturated heterocycles. The monoisotopic (exact) mass is 302 g/mol. The Labute approximate surface area is 132 Å². The Morgan fingerprint density at radius 3 is 2.55 bits per heavy atom. The summed E-state index contributed by atoms with van der Waals surface area (Å²) in [4.78, 5) is 16.9. The van der Waals surface area contributed by atoms with E-state index in [0.29, 0.717) is 11.8 Å². The average Bonchev–Trinajstić information content (AvgIpc) is 3.36. The minimum atomic E-state index is -0.242. The zero-order chi connectivity index (χ0) is 15.5. The van der Waals surface area contributed by atoms with Crippen LogP contribution in [-0.2, 0) is 4.79 Å². The van der Waals surface area contributed by atoms with Crippen molar-refractivity contribution in [3.63, 3.8) is 0 Å². The molecular formula is C18H26N2O2. The normalized spacial score (nSPS) is 26.7. The van der Waals surface area contributed by atoms with Crippen LogP contribution in [0.4, 0.5) is 0 Å². The standard InChI is InChI=1S/C18H26N2O2/c1-2-15(21)13-19-8-10-20(11-9-19)18(22)17-12-16(17)14-6-4-3-5-7-14/h3-7,15-17,21H,2,8-13H2,1H3/t15-,16-,17+/m0/s1. The van der Waals surface area contributed by atoms with E-state index in [1.165, 1.54) is 5.56 Å². The fraction of sp³-hybridized carbons (Fsp3) is 0.611. The fourth-order valence-corrected chi connectivity index (χ4v) is 3.35. The third kappa shape index (κ3) is 3.50. The predicted octanol–water partition coefficient (Wildman–Crippen LogP) is 1.71. The molecule has 4 heteroatoms. The second kappa shape index (κ2) is 6.80. The smallest absolute Gasteiger partial charge is 0.226 e. The highest BCUT2D eigenvalue weighted by Crippen LogP contribution is 2.48. The fourth-order valence-electron chi connectivity index (χ4n) is 3.35. The third-order valence-corrected chi connectivity index (χ3v) is 4.96. The predicted molar refractivity (Wildman–Crippen MR) is 86.6 cm³/mol. The van der Waals surface area contributed by atoms with Crippen molar-refractivity contribution >= 4 is 5.91 Å². The minimum Gasteiger partial charge on any atom is -0.392 e. The maximum absolute atomic E-state index is 12.6. The van der Waals surface area contributed by atoms with Crippen molar-refractivity contribution in [1.82, 2.24) is 9.80 Å². The SMILES string of the molecule is CC[C@H](O)CN1CCN(C(=O)[C@@H]2C[C@H]2c2ccccc2)CC1. The lowest BCUT2D eigenvalue weighted by molar-refractivity contribution is -0.134. The van der Waals surface area contributed by atoms with Gasteiger partial charge >= 0.3 is 0 Å². The van der Waals surface area contributed by atoms with Gasteiger partial charge in [0.15, 0.2) is 0 Å². The number of carbonyl (C=O) groups is 1. The molecule has 1 N–H and O–H groups in total. The summed E-state index contributed by atoms with van der Waals surface area (Å²) in [6, 6.07) is 10.4. The molecule has 1 aromatic rings. The number of benzene rings is 1. The van der Waals surface area contributed by atoms with Crippen molar-refractivity contribution in [3.8, 4) is 0 Å². The molecule has 1 amide bonds. The van der Waals surface area contributed by atoms with Crippen LogP contribution in [0.3, 0.4) is 0 Å². The molecule has 0 aromatic heterocycles. The molecule has 0 unspecified atom stereocenters. The first kappa shape index (κ1) is 15.5. The van der Waals surface area contributed by atoms with Crippen molar-refractivity contribution in [3.05, 3.63) is 35.9 Å². The molecule has 120 valence electrons. The summed E-state index contributed by atoms with van der Waals surface area (Å²) >= 11 is 0. The molecule has 0 radical (unpaired) electrons. The Balaban J connectivity index is 1.47.